The normalized spacial score (nSPS) is 15.0. The lowest BCUT2D eigenvalue weighted by Crippen LogP contribution is -2.41. The van der Waals surface area contributed by atoms with Crippen LogP contribution in [0.4, 0.5) is 0 Å². The molecule has 6 heteroatoms. The fourth-order valence-corrected chi connectivity index (χ4v) is 2.27. The first-order chi connectivity index (χ1) is 11.1. The van der Waals surface area contributed by atoms with Crippen LogP contribution in [0.2, 0.25) is 0 Å². The number of carboxylic acids is 1. The number of ether oxygens (including phenoxy) is 2. The van der Waals surface area contributed by atoms with Gasteiger partial charge in [-0.25, -0.2) is 4.79 Å². The smallest absolute Gasteiger partial charge is 0.326 e. The highest BCUT2D eigenvalue weighted by Gasteiger charge is 2.30. The van der Waals surface area contributed by atoms with Gasteiger partial charge in [-0.1, -0.05) is 18.9 Å². The summed E-state index contributed by atoms with van der Waals surface area (Å²) in [7, 11) is 1.63. The summed E-state index contributed by atoms with van der Waals surface area (Å²) in [5.74, 6) is -0.368. The molecule has 1 fully saturated rings. The molecule has 1 aromatic carbocycles. The molecular weight excluding hydrogens is 298 g/mol. The number of methoxy groups -OCH3 is 1. The van der Waals surface area contributed by atoms with Crippen molar-refractivity contribution in [2.24, 2.45) is 5.92 Å². The van der Waals surface area contributed by atoms with E-state index in [1.54, 1.807) is 31.4 Å². The second kappa shape index (κ2) is 8.53. The molecule has 6 nitrogen and oxygen atoms in total. The van der Waals surface area contributed by atoms with Crippen molar-refractivity contribution >= 4 is 11.9 Å². The Labute approximate surface area is 135 Å². The van der Waals surface area contributed by atoms with Gasteiger partial charge in [0.2, 0.25) is 0 Å². The first kappa shape index (κ1) is 17.3. The van der Waals surface area contributed by atoms with E-state index in [0.717, 1.165) is 19.3 Å². The Balaban J connectivity index is 1.91. The number of hydrogen-bond acceptors (Lipinski definition) is 4. The number of hydrogen-bond donors (Lipinski definition) is 2. The van der Waals surface area contributed by atoms with Gasteiger partial charge >= 0.3 is 5.97 Å². The van der Waals surface area contributed by atoms with Crippen LogP contribution < -0.4 is 10.1 Å². The molecule has 2 N–H and O–H groups in total. The molecule has 0 bridgehead atoms. The Morgan fingerprint density at radius 3 is 2.78 bits per heavy atom. The van der Waals surface area contributed by atoms with E-state index in [0.29, 0.717) is 36.9 Å². The van der Waals surface area contributed by atoms with Crippen LogP contribution in [0.1, 0.15) is 36.0 Å². The number of benzene rings is 1. The van der Waals surface area contributed by atoms with Crippen LogP contribution in [0.15, 0.2) is 24.3 Å². The summed E-state index contributed by atoms with van der Waals surface area (Å²) in [6.45, 7) is 1.11. The van der Waals surface area contributed by atoms with Crippen LogP contribution in [-0.4, -0.2) is 43.3 Å². The Hall–Kier alpha value is -2.08. The molecular formula is C17H23NO5. The number of aliphatic carboxylic acids is 1. The fraction of sp³-hybridized carbons (Fsp3) is 0.529. The van der Waals surface area contributed by atoms with Gasteiger partial charge in [-0.15, -0.1) is 0 Å². The quantitative estimate of drug-likeness (QED) is 0.645. The molecule has 0 heterocycles. The van der Waals surface area contributed by atoms with Gasteiger partial charge in [0.1, 0.15) is 11.8 Å². The second-order valence-electron chi connectivity index (χ2n) is 5.77. The number of carbonyl (C=O) groups excluding carboxylic acids is 1. The zero-order valence-electron chi connectivity index (χ0n) is 13.3. The lowest BCUT2D eigenvalue weighted by atomic mass is 10.1. The van der Waals surface area contributed by atoms with Crippen LogP contribution in [0.5, 0.6) is 5.75 Å². The van der Waals surface area contributed by atoms with Crippen LogP contribution in [0.25, 0.3) is 0 Å². The largest absolute Gasteiger partial charge is 0.493 e. The molecule has 0 radical (unpaired) electrons. The van der Waals surface area contributed by atoms with Crippen molar-refractivity contribution in [2.45, 2.75) is 31.7 Å². The molecule has 1 unspecified atom stereocenters. The molecule has 2 rings (SSSR count). The molecule has 1 atom stereocenters. The molecule has 1 aliphatic rings. The van der Waals surface area contributed by atoms with E-state index in [2.05, 4.69) is 5.32 Å². The molecule has 1 aromatic rings. The average molecular weight is 321 g/mol. The Morgan fingerprint density at radius 2 is 2.13 bits per heavy atom. The van der Waals surface area contributed by atoms with Crippen LogP contribution in [-0.2, 0) is 9.53 Å². The van der Waals surface area contributed by atoms with Crippen LogP contribution in [0, 0.1) is 5.92 Å². The molecule has 1 amide bonds. The van der Waals surface area contributed by atoms with E-state index in [1.807, 2.05) is 0 Å². The summed E-state index contributed by atoms with van der Waals surface area (Å²) in [6, 6.07) is 5.92. The monoisotopic (exact) mass is 321 g/mol. The third kappa shape index (κ3) is 5.90. The highest BCUT2D eigenvalue weighted by atomic mass is 16.5. The number of rotatable bonds is 10. The van der Waals surface area contributed by atoms with Gasteiger partial charge in [-0.3, -0.25) is 4.79 Å². The Kier molecular flexibility index (Phi) is 6.40. The Bertz CT molecular complexity index is 542. The van der Waals surface area contributed by atoms with Crippen molar-refractivity contribution in [1.29, 1.82) is 0 Å². The summed E-state index contributed by atoms with van der Waals surface area (Å²) >= 11 is 0. The SMILES string of the molecule is COCCCOc1cccc(C(=O)NC(CC2CC2)C(=O)O)c1. The summed E-state index contributed by atoms with van der Waals surface area (Å²) in [5.41, 5.74) is 0.399. The molecule has 1 saturated carbocycles. The van der Waals surface area contributed by atoms with Gasteiger partial charge in [0, 0.05) is 25.7 Å². The highest BCUT2D eigenvalue weighted by molar-refractivity contribution is 5.96. The first-order valence-electron chi connectivity index (χ1n) is 7.85. The van der Waals surface area contributed by atoms with Gasteiger partial charge in [0.05, 0.1) is 6.61 Å². The highest BCUT2D eigenvalue weighted by Crippen LogP contribution is 2.33. The number of carbonyl (C=O) groups is 2. The van der Waals surface area contributed by atoms with Gasteiger partial charge < -0.3 is 19.9 Å². The van der Waals surface area contributed by atoms with E-state index >= 15 is 0 Å². The number of nitrogens with one attached hydrogen (secondary N) is 1. The van der Waals surface area contributed by atoms with Crippen molar-refractivity contribution < 1.29 is 24.2 Å². The van der Waals surface area contributed by atoms with E-state index in [1.165, 1.54) is 0 Å². The predicted molar refractivity (Wildman–Crippen MR) is 84.7 cm³/mol. The predicted octanol–water partition coefficient (Wildman–Crippen LogP) is 2.08. The molecule has 0 spiro atoms. The van der Waals surface area contributed by atoms with E-state index in [9.17, 15) is 14.7 Å². The molecule has 1 aliphatic carbocycles. The van der Waals surface area contributed by atoms with E-state index < -0.39 is 12.0 Å². The molecule has 0 aromatic heterocycles. The van der Waals surface area contributed by atoms with Crippen LogP contribution >= 0.6 is 0 Å². The average Bonchev–Trinajstić information content (AvgIpc) is 3.35. The third-order valence-electron chi connectivity index (χ3n) is 3.73. The van der Waals surface area contributed by atoms with E-state index in [4.69, 9.17) is 9.47 Å². The minimum atomic E-state index is -0.989. The van der Waals surface area contributed by atoms with Crippen molar-refractivity contribution in [2.75, 3.05) is 20.3 Å². The van der Waals surface area contributed by atoms with Crippen molar-refractivity contribution in [1.82, 2.24) is 5.32 Å². The Morgan fingerprint density at radius 1 is 1.35 bits per heavy atom. The zero-order chi connectivity index (χ0) is 16.7. The van der Waals surface area contributed by atoms with Gasteiger partial charge in [0.25, 0.3) is 5.91 Å². The van der Waals surface area contributed by atoms with Gasteiger partial charge in [-0.2, -0.15) is 0 Å². The van der Waals surface area contributed by atoms with Crippen molar-refractivity contribution in [3.8, 4) is 5.75 Å². The number of carboxylic acid groups (broad SMARTS) is 1. The maximum Gasteiger partial charge on any atom is 0.326 e. The van der Waals surface area contributed by atoms with Crippen molar-refractivity contribution in [3.05, 3.63) is 29.8 Å². The lowest BCUT2D eigenvalue weighted by molar-refractivity contribution is -0.139. The van der Waals surface area contributed by atoms with Gasteiger partial charge in [-0.05, 0) is 30.5 Å². The van der Waals surface area contributed by atoms with Gasteiger partial charge in [0.15, 0.2) is 0 Å². The summed E-state index contributed by atoms with van der Waals surface area (Å²) in [5, 5.41) is 11.8. The lowest BCUT2D eigenvalue weighted by Gasteiger charge is -2.14. The zero-order valence-corrected chi connectivity index (χ0v) is 13.3. The standard InChI is InChI=1S/C17H23NO5/c1-22-8-3-9-23-14-5-2-4-13(11-14)16(19)18-15(17(20)21)10-12-6-7-12/h2,4-5,11-12,15H,3,6-10H2,1H3,(H,18,19)(H,20,21). The summed E-state index contributed by atoms with van der Waals surface area (Å²) in [4.78, 5) is 23.5. The molecule has 23 heavy (non-hydrogen) atoms. The topological polar surface area (TPSA) is 84.9 Å². The van der Waals surface area contributed by atoms with Crippen LogP contribution in [0.3, 0.4) is 0 Å². The maximum absolute atomic E-state index is 12.2. The first-order valence-corrected chi connectivity index (χ1v) is 7.85. The fourth-order valence-electron chi connectivity index (χ4n) is 2.27. The number of amides is 1. The molecule has 126 valence electrons. The third-order valence-corrected chi connectivity index (χ3v) is 3.73. The summed E-state index contributed by atoms with van der Waals surface area (Å²) in [6.07, 6.45) is 3.35. The minimum Gasteiger partial charge on any atom is -0.493 e. The molecule has 0 aliphatic heterocycles. The maximum atomic E-state index is 12.2. The van der Waals surface area contributed by atoms with E-state index in [-0.39, 0.29) is 5.91 Å². The summed E-state index contributed by atoms with van der Waals surface area (Å²) < 4.78 is 10.5. The second-order valence-corrected chi connectivity index (χ2v) is 5.77. The van der Waals surface area contributed by atoms with Crippen molar-refractivity contribution in [3.63, 3.8) is 0 Å². The molecule has 0 saturated heterocycles. The minimum absolute atomic E-state index is 0.389.